The zero-order valence-electron chi connectivity index (χ0n) is 12.3. The van der Waals surface area contributed by atoms with Crippen LogP contribution in [0.5, 0.6) is 0 Å². The number of aliphatic hydroxyl groups is 1. The fourth-order valence-corrected chi connectivity index (χ4v) is 1.78. The third-order valence-corrected chi connectivity index (χ3v) is 3.43. The number of rotatable bonds is 7. The van der Waals surface area contributed by atoms with Gasteiger partial charge in [-0.1, -0.05) is 20.8 Å². The minimum atomic E-state index is -0.895. The minimum Gasteiger partial charge on any atom is -0.388 e. The highest BCUT2D eigenvalue weighted by Gasteiger charge is 2.23. The van der Waals surface area contributed by atoms with Crippen LogP contribution >= 0.6 is 0 Å². The van der Waals surface area contributed by atoms with Gasteiger partial charge in [0, 0.05) is 19.2 Å². The predicted octanol–water partition coefficient (Wildman–Crippen LogP) is 0.934. The molecule has 6 heteroatoms. The van der Waals surface area contributed by atoms with Crippen LogP contribution in [0.15, 0.2) is 16.9 Å². The fourth-order valence-electron chi connectivity index (χ4n) is 1.78. The number of carbonyl (C=O) groups excluding carboxylic acids is 1. The number of aromatic nitrogens is 2. The SMILES string of the molecule is CCCn1nc(C(=O)NCC(O)(CC)CC)ccc1=O. The molecule has 0 aromatic carbocycles. The largest absolute Gasteiger partial charge is 0.388 e. The van der Waals surface area contributed by atoms with Gasteiger partial charge in [0.1, 0.15) is 5.69 Å². The normalized spacial score (nSPS) is 11.4. The monoisotopic (exact) mass is 281 g/mol. The van der Waals surface area contributed by atoms with Gasteiger partial charge >= 0.3 is 0 Å². The standard InChI is InChI=1S/C14H23N3O3/c1-4-9-17-12(18)8-7-11(16-17)13(19)15-10-14(20,5-2)6-3/h7-8,20H,4-6,9-10H2,1-3H3,(H,15,19). The van der Waals surface area contributed by atoms with Gasteiger partial charge in [-0.15, -0.1) is 0 Å². The molecule has 0 aliphatic rings. The van der Waals surface area contributed by atoms with Gasteiger partial charge in [0.25, 0.3) is 11.5 Å². The quantitative estimate of drug-likeness (QED) is 0.779. The highest BCUT2D eigenvalue weighted by atomic mass is 16.3. The molecule has 2 N–H and O–H groups in total. The summed E-state index contributed by atoms with van der Waals surface area (Å²) in [6.45, 7) is 6.33. The van der Waals surface area contributed by atoms with Crippen LogP contribution in [0.2, 0.25) is 0 Å². The lowest BCUT2D eigenvalue weighted by molar-refractivity contribution is 0.0313. The van der Waals surface area contributed by atoms with Crippen molar-refractivity contribution in [1.29, 1.82) is 0 Å². The van der Waals surface area contributed by atoms with E-state index in [9.17, 15) is 14.7 Å². The van der Waals surface area contributed by atoms with E-state index in [1.54, 1.807) is 0 Å². The van der Waals surface area contributed by atoms with Crippen molar-refractivity contribution in [2.75, 3.05) is 6.54 Å². The van der Waals surface area contributed by atoms with Crippen LogP contribution in [0.1, 0.15) is 50.5 Å². The summed E-state index contributed by atoms with van der Waals surface area (Å²) in [6.07, 6.45) is 1.89. The Morgan fingerprint density at radius 3 is 2.55 bits per heavy atom. The highest BCUT2D eigenvalue weighted by Crippen LogP contribution is 2.12. The van der Waals surface area contributed by atoms with E-state index in [1.165, 1.54) is 16.8 Å². The smallest absolute Gasteiger partial charge is 0.271 e. The molecule has 1 aromatic heterocycles. The molecule has 1 heterocycles. The molecular formula is C14H23N3O3. The first kappa shape index (κ1) is 16.4. The Labute approximate surface area is 118 Å². The molecule has 0 radical (unpaired) electrons. The summed E-state index contributed by atoms with van der Waals surface area (Å²) >= 11 is 0. The molecule has 20 heavy (non-hydrogen) atoms. The van der Waals surface area contributed by atoms with E-state index < -0.39 is 5.60 Å². The zero-order valence-corrected chi connectivity index (χ0v) is 12.3. The van der Waals surface area contributed by atoms with Crippen LogP contribution in [0.25, 0.3) is 0 Å². The molecule has 0 saturated carbocycles. The maximum atomic E-state index is 12.0. The number of amides is 1. The average Bonchev–Trinajstić information content (AvgIpc) is 2.47. The molecule has 0 bridgehead atoms. The zero-order chi connectivity index (χ0) is 15.2. The average molecular weight is 281 g/mol. The third kappa shape index (κ3) is 4.16. The second-order valence-electron chi connectivity index (χ2n) is 4.89. The Bertz CT molecular complexity index is 507. The highest BCUT2D eigenvalue weighted by molar-refractivity contribution is 5.92. The van der Waals surface area contributed by atoms with E-state index in [2.05, 4.69) is 10.4 Å². The van der Waals surface area contributed by atoms with Crippen molar-refractivity contribution in [1.82, 2.24) is 15.1 Å². The maximum Gasteiger partial charge on any atom is 0.271 e. The van der Waals surface area contributed by atoms with E-state index in [1.807, 2.05) is 20.8 Å². The molecule has 1 rings (SSSR count). The fraction of sp³-hybridized carbons (Fsp3) is 0.643. The topological polar surface area (TPSA) is 84.2 Å². The van der Waals surface area contributed by atoms with Crippen LogP contribution in [-0.2, 0) is 6.54 Å². The Balaban J connectivity index is 2.78. The van der Waals surface area contributed by atoms with Gasteiger partial charge in [0.2, 0.25) is 0 Å². The van der Waals surface area contributed by atoms with Crippen molar-refractivity contribution >= 4 is 5.91 Å². The number of aryl methyl sites for hydroxylation is 1. The second kappa shape index (κ2) is 7.19. The molecule has 0 unspecified atom stereocenters. The van der Waals surface area contributed by atoms with Crippen molar-refractivity contribution < 1.29 is 9.90 Å². The summed E-state index contributed by atoms with van der Waals surface area (Å²) in [5.74, 6) is -0.379. The minimum absolute atomic E-state index is 0.174. The van der Waals surface area contributed by atoms with Crippen LogP contribution < -0.4 is 10.9 Å². The lowest BCUT2D eigenvalue weighted by Crippen LogP contribution is -2.42. The van der Waals surface area contributed by atoms with Gasteiger partial charge in [-0.2, -0.15) is 5.10 Å². The summed E-state index contributed by atoms with van der Waals surface area (Å²) in [5, 5.41) is 16.8. The molecule has 1 amide bonds. The first-order valence-corrected chi connectivity index (χ1v) is 7.04. The third-order valence-electron chi connectivity index (χ3n) is 3.43. The molecule has 6 nitrogen and oxygen atoms in total. The summed E-state index contributed by atoms with van der Waals surface area (Å²) in [7, 11) is 0. The molecule has 0 fully saturated rings. The van der Waals surface area contributed by atoms with Crippen molar-refractivity contribution in [3.8, 4) is 0 Å². The van der Waals surface area contributed by atoms with Crippen molar-refractivity contribution in [2.24, 2.45) is 0 Å². The van der Waals surface area contributed by atoms with Gasteiger partial charge in [0.05, 0.1) is 5.60 Å². The predicted molar refractivity (Wildman–Crippen MR) is 76.7 cm³/mol. The van der Waals surface area contributed by atoms with Crippen molar-refractivity contribution in [2.45, 2.75) is 52.2 Å². The van der Waals surface area contributed by atoms with Gasteiger partial charge in [-0.25, -0.2) is 4.68 Å². The number of hydrogen-bond donors (Lipinski definition) is 2. The number of nitrogens with zero attached hydrogens (tertiary/aromatic N) is 2. The first-order chi connectivity index (χ1) is 9.45. The van der Waals surface area contributed by atoms with Gasteiger partial charge in [-0.05, 0) is 25.3 Å². The number of hydrogen-bond acceptors (Lipinski definition) is 4. The lowest BCUT2D eigenvalue weighted by atomic mass is 9.97. The lowest BCUT2D eigenvalue weighted by Gasteiger charge is -2.25. The molecule has 0 atom stereocenters. The molecular weight excluding hydrogens is 258 g/mol. The second-order valence-corrected chi connectivity index (χ2v) is 4.89. The molecule has 0 aliphatic heterocycles. The van der Waals surface area contributed by atoms with Crippen LogP contribution in [-0.4, -0.2) is 32.9 Å². The molecule has 1 aromatic rings. The van der Waals surface area contributed by atoms with Gasteiger partial charge in [0.15, 0.2) is 0 Å². The van der Waals surface area contributed by atoms with Crippen molar-refractivity contribution in [3.63, 3.8) is 0 Å². The first-order valence-electron chi connectivity index (χ1n) is 7.04. The summed E-state index contributed by atoms with van der Waals surface area (Å²) < 4.78 is 1.28. The molecule has 0 saturated heterocycles. The van der Waals surface area contributed by atoms with Crippen LogP contribution in [0.4, 0.5) is 0 Å². The van der Waals surface area contributed by atoms with Crippen LogP contribution in [0.3, 0.4) is 0 Å². The number of carbonyl (C=O) groups is 1. The van der Waals surface area contributed by atoms with Crippen LogP contribution in [0, 0.1) is 0 Å². The van der Waals surface area contributed by atoms with E-state index in [0.717, 1.165) is 6.42 Å². The summed E-state index contributed by atoms with van der Waals surface area (Å²) in [4.78, 5) is 23.5. The molecule has 0 aliphatic carbocycles. The van der Waals surface area contributed by atoms with Crippen molar-refractivity contribution in [3.05, 3.63) is 28.2 Å². The molecule has 112 valence electrons. The summed E-state index contributed by atoms with van der Waals surface area (Å²) in [5.41, 5.74) is -0.928. The van der Waals surface area contributed by atoms with Gasteiger partial charge < -0.3 is 10.4 Å². The Hall–Kier alpha value is -1.69. The van der Waals surface area contributed by atoms with E-state index in [4.69, 9.17) is 0 Å². The Morgan fingerprint density at radius 1 is 1.35 bits per heavy atom. The Kier molecular flexibility index (Phi) is 5.88. The summed E-state index contributed by atoms with van der Waals surface area (Å²) in [6, 6.07) is 2.74. The Morgan fingerprint density at radius 2 is 2.00 bits per heavy atom. The van der Waals surface area contributed by atoms with E-state index in [0.29, 0.717) is 19.4 Å². The van der Waals surface area contributed by atoms with E-state index in [-0.39, 0.29) is 23.7 Å². The maximum absolute atomic E-state index is 12.0. The van der Waals surface area contributed by atoms with E-state index >= 15 is 0 Å². The van der Waals surface area contributed by atoms with Gasteiger partial charge in [-0.3, -0.25) is 9.59 Å². The number of nitrogens with one attached hydrogen (secondary N) is 1. The molecule has 0 spiro atoms.